The molecule has 1 aromatic heterocycles. The Morgan fingerprint density at radius 2 is 2.06 bits per heavy atom. The van der Waals surface area contributed by atoms with Crippen molar-refractivity contribution in [2.45, 2.75) is 0 Å². The van der Waals surface area contributed by atoms with Crippen molar-refractivity contribution in [2.75, 3.05) is 0 Å². The van der Waals surface area contributed by atoms with Crippen LogP contribution in [0.3, 0.4) is 0 Å². The average Bonchev–Trinajstić information content (AvgIpc) is 2.32. The van der Waals surface area contributed by atoms with E-state index in [-0.39, 0.29) is 5.69 Å². The standard InChI is InChI=1S/C12H7ClFNO2/c13-10-3-2-8(14)5-9(10)7-1-4-11(12(16)17)15-6-7/h1-6H,(H,16,17). The highest BCUT2D eigenvalue weighted by molar-refractivity contribution is 6.33. The molecule has 0 aliphatic rings. The van der Waals surface area contributed by atoms with Gasteiger partial charge in [-0.3, -0.25) is 0 Å². The summed E-state index contributed by atoms with van der Waals surface area (Å²) in [5.74, 6) is -1.52. The Morgan fingerprint density at radius 3 is 2.65 bits per heavy atom. The number of nitrogens with zero attached hydrogens (tertiary/aromatic N) is 1. The Morgan fingerprint density at radius 1 is 1.29 bits per heavy atom. The molecule has 17 heavy (non-hydrogen) atoms. The van der Waals surface area contributed by atoms with Gasteiger partial charge in [0, 0.05) is 22.3 Å². The molecule has 0 spiro atoms. The second-order valence-electron chi connectivity index (χ2n) is 3.36. The fourth-order valence-electron chi connectivity index (χ4n) is 1.40. The van der Waals surface area contributed by atoms with Crippen molar-refractivity contribution in [3.63, 3.8) is 0 Å². The molecule has 0 saturated heterocycles. The first kappa shape index (κ1) is 11.5. The third kappa shape index (κ3) is 2.42. The van der Waals surface area contributed by atoms with Crippen molar-refractivity contribution < 1.29 is 14.3 Å². The van der Waals surface area contributed by atoms with Crippen LogP contribution in [0.5, 0.6) is 0 Å². The Balaban J connectivity index is 2.46. The number of carboxylic acid groups (broad SMARTS) is 1. The molecule has 1 N–H and O–H groups in total. The lowest BCUT2D eigenvalue weighted by Gasteiger charge is -2.04. The van der Waals surface area contributed by atoms with Gasteiger partial charge in [-0.25, -0.2) is 14.2 Å². The first-order valence-electron chi connectivity index (χ1n) is 4.72. The number of hydrogen-bond acceptors (Lipinski definition) is 2. The van der Waals surface area contributed by atoms with Gasteiger partial charge >= 0.3 is 5.97 Å². The van der Waals surface area contributed by atoms with E-state index in [4.69, 9.17) is 16.7 Å². The number of rotatable bonds is 2. The molecule has 1 heterocycles. The lowest BCUT2D eigenvalue weighted by molar-refractivity contribution is 0.0690. The molecule has 0 unspecified atom stereocenters. The summed E-state index contributed by atoms with van der Waals surface area (Å²) in [6.45, 7) is 0. The fourth-order valence-corrected chi connectivity index (χ4v) is 1.63. The van der Waals surface area contributed by atoms with Crippen LogP contribution in [-0.4, -0.2) is 16.1 Å². The Hall–Kier alpha value is -1.94. The van der Waals surface area contributed by atoms with E-state index in [9.17, 15) is 9.18 Å². The molecule has 0 aliphatic heterocycles. The van der Waals surface area contributed by atoms with Gasteiger partial charge < -0.3 is 5.11 Å². The number of hydrogen-bond donors (Lipinski definition) is 1. The van der Waals surface area contributed by atoms with Crippen LogP contribution in [0.25, 0.3) is 11.1 Å². The van der Waals surface area contributed by atoms with E-state index in [0.29, 0.717) is 16.1 Å². The maximum Gasteiger partial charge on any atom is 0.354 e. The minimum absolute atomic E-state index is 0.0683. The lowest BCUT2D eigenvalue weighted by atomic mass is 10.1. The van der Waals surface area contributed by atoms with Gasteiger partial charge in [0.25, 0.3) is 0 Å². The quantitative estimate of drug-likeness (QED) is 0.891. The SMILES string of the molecule is O=C(O)c1ccc(-c2cc(F)ccc2Cl)cn1. The van der Waals surface area contributed by atoms with Crippen LogP contribution in [0.2, 0.25) is 5.02 Å². The number of carboxylic acids is 1. The number of carbonyl (C=O) groups is 1. The summed E-state index contributed by atoms with van der Waals surface area (Å²) in [5, 5.41) is 9.08. The Kier molecular flexibility index (Phi) is 3.06. The molecule has 0 radical (unpaired) electrons. The first-order valence-corrected chi connectivity index (χ1v) is 5.10. The van der Waals surface area contributed by atoms with Crippen LogP contribution in [0.4, 0.5) is 4.39 Å². The van der Waals surface area contributed by atoms with Crippen molar-refractivity contribution in [1.82, 2.24) is 4.98 Å². The lowest BCUT2D eigenvalue weighted by Crippen LogP contribution is -1.99. The van der Waals surface area contributed by atoms with Crippen LogP contribution in [-0.2, 0) is 0 Å². The van der Waals surface area contributed by atoms with Crippen LogP contribution in [0.15, 0.2) is 36.5 Å². The van der Waals surface area contributed by atoms with Crippen LogP contribution < -0.4 is 0 Å². The molecule has 86 valence electrons. The third-order valence-electron chi connectivity index (χ3n) is 2.22. The zero-order valence-corrected chi connectivity index (χ0v) is 9.28. The Bertz CT molecular complexity index is 569. The highest BCUT2D eigenvalue weighted by Crippen LogP contribution is 2.27. The van der Waals surface area contributed by atoms with Crippen molar-refractivity contribution in [3.8, 4) is 11.1 Å². The molecular weight excluding hydrogens is 245 g/mol. The van der Waals surface area contributed by atoms with Crippen LogP contribution >= 0.6 is 11.6 Å². The topological polar surface area (TPSA) is 50.2 Å². The van der Waals surface area contributed by atoms with Gasteiger partial charge in [-0.15, -0.1) is 0 Å². The summed E-state index contributed by atoms with van der Waals surface area (Å²) in [7, 11) is 0. The predicted octanol–water partition coefficient (Wildman–Crippen LogP) is 3.24. The maximum atomic E-state index is 13.1. The second-order valence-corrected chi connectivity index (χ2v) is 3.77. The summed E-state index contributed by atoms with van der Waals surface area (Å²) >= 11 is 5.92. The molecule has 0 aliphatic carbocycles. The second kappa shape index (κ2) is 4.51. The van der Waals surface area contributed by atoms with E-state index in [2.05, 4.69) is 4.98 Å². The van der Waals surface area contributed by atoms with Gasteiger partial charge in [0.2, 0.25) is 0 Å². The molecule has 0 fully saturated rings. The molecular formula is C12H7ClFNO2. The molecule has 3 nitrogen and oxygen atoms in total. The average molecular weight is 252 g/mol. The Labute approximate surface area is 101 Å². The highest BCUT2D eigenvalue weighted by Gasteiger charge is 2.08. The monoisotopic (exact) mass is 251 g/mol. The zero-order chi connectivity index (χ0) is 12.4. The number of pyridine rings is 1. The summed E-state index contributed by atoms with van der Waals surface area (Å²) in [5.41, 5.74) is 0.983. The first-order chi connectivity index (χ1) is 8.08. The molecule has 0 atom stereocenters. The van der Waals surface area contributed by atoms with Gasteiger partial charge in [-0.1, -0.05) is 17.7 Å². The van der Waals surface area contributed by atoms with E-state index in [1.54, 1.807) is 0 Å². The van der Waals surface area contributed by atoms with Crippen molar-refractivity contribution in [1.29, 1.82) is 0 Å². The van der Waals surface area contributed by atoms with Crippen molar-refractivity contribution in [2.24, 2.45) is 0 Å². The molecule has 0 saturated carbocycles. The molecule has 0 bridgehead atoms. The predicted molar refractivity (Wildman–Crippen MR) is 61.6 cm³/mol. The zero-order valence-electron chi connectivity index (χ0n) is 8.52. The minimum Gasteiger partial charge on any atom is -0.477 e. The summed E-state index contributed by atoms with van der Waals surface area (Å²) in [4.78, 5) is 14.4. The number of aromatic carboxylic acids is 1. The number of aromatic nitrogens is 1. The van der Waals surface area contributed by atoms with Crippen LogP contribution in [0, 0.1) is 5.82 Å². The van der Waals surface area contributed by atoms with Gasteiger partial charge in [0.1, 0.15) is 11.5 Å². The maximum absolute atomic E-state index is 13.1. The van der Waals surface area contributed by atoms with E-state index >= 15 is 0 Å². The summed E-state index contributed by atoms with van der Waals surface area (Å²) in [6.07, 6.45) is 1.35. The normalized spacial score (nSPS) is 10.2. The van der Waals surface area contributed by atoms with E-state index < -0.39 is 11.8 Å². The van der Waals surface area contributed by atoms with Gasteiger partial charge in [-0.2, -0.15) is 0 Å². The highest BCUT2D eigenvalue weighted by atomic mass is 35.5. The molecule has 5 heteroatoms. The number of halogens is 2. The van der Waals surface area contributed by atoms with E-state index in [1.807, 2.05) is 0 Å². The van der Waals surface area contributed by atoms with Crippen molar-refractivity contribution >= 4 is 17.6 Å². The van der Waals surface area contributed by atoms with Gasteiger partial charge in [-0.05, 0) is 24.3 Å². The summed E-state index contributed by atoms with van der Waals surface area (Å²) < 4.78 is 13.1. The number of benzene rings is 1. The molecule has 2 rings (SSSR count). The van der Waals surface area contributed by atoms with Gasteiger partial charge in [0.05, 0.1) is 0 Å². The van der Waals surface area contributed by atoms with Crippen molar-refractivity contribution in [3.05, 3.63) is 53.1 Å². The van der Waals surface area contributed by atoms with Crippen LogP contribution in [0.1, 0.15) is 10.5 Å². The minimum atomic E-state index is -1.11. The smallest absolute Gasteiger partial charge is 0.354 e. The van der Waals surface area contributed by atoms with E-state index in [1.165, 1.54) is 36.5 Å². The molecule has 0 amide bonds. The summed E-state index contributed by atoms with van der Waals surface area (Å²) in [6, 6.07) is 6.86. The fraction of sp³-hybridized carbons (Fsp3) is 0. The van der Waals surface area contributed by atoms with E-state index in [0.717, 1.165) is 0 Å². The molecule has 1 aromatic carbocycles. The van der Waals surface area contributed by atoms with Gasteiger partial charge in [0.15, 0.2) is 0 Å². The third-order valence-corrected chi connectivity index (χ3v) is 2.55. The molecule has 2 aromatic rings. The largest absolute Gasteiger partial charge is 0.477 e.